The highest BCUT2D eigenvalue weighted by atomic mass is 19.1. The van der Waals surface area contributed by atoms with Crippen LogP contribution in [0.2, 0.25) is 0 Å². The van der Waals surface area contributed by atoms with Crippen molar-refractivity contribution >= 4 is 0 Å². The van der Waals surface area contributed by atoms with Crippen molar-refractivity contribution in [3.8, 4) is 0 Å². The summed E-state index contributed by atoms with van der Waals surface area (Å²) in [5, 5.41) is 0. The zero-order valence-electron chi connectivity index (χ0n) is 12.9. The third-order valence-electron chi connectivity index (χ3n) is 4.43. The van der Waals surface area contributed by atoms with E-state index < -0.39 is 11.6 Å². The lowest BCUT2D eigenvalue weighted by Crippen LogP contribution is -2.41. The molecule has 0 spiro atoms. The number of hydrogen-bond acceptors (Lipinski definition) is 3. The number of likely N-dealkylation sites (N-methyl/N-ethyl adjacent to an activating group) is 2. The van der Waals surface area contributed by atoms with Crippen molar-refractivity contribution in [2.24, 2.45) is 5.73 Å². The van der Waals surface area contributed by atoms with Crippen LogP contribution in [0.4, 0.5) is 8.78 Å². The Hall–Kier alpha value is -1.04. The van der Waals surface area contributed by atoms with Gasteiger partial charge >= 0.3 is 0 Å². The Bertz CT molecular complexity index is 447. The molecule has 1 aliphatic rings. The van der Waals surface area contributed by atoms with Crippen molar-refractivity contribution in [1.82, 2.24) is 9.80 Å². The second kappa shape index (κ2) is 7.29. The lowest BCUT2D eigenvalue weighted by molar-refractivity contribution is 0.165. The van der Waals surface area contributed by atoms with Crippen molar-refractivity contribution in [3.63, 3.8) is 0 Å². The van der Waals surface area contributed by atoms with Crippen LogP contribution in [0.25, 0.3) is 0 Å². The van der Waals surface area contributed by atoms with Gasteiger partial charge in [-0.25, -0.2) is 8.78 Å². The highest BCUT2D eigenvalue weighted by Crippen LogP contribution is 2.24. The van der Waals surface area contributed by atoms with E-state index in [9.17, 15) is 8.78 Å². The Morgan fingerprint density at radius 2 is 2.00 bits per heavy atom. The monoisotopic (exact) mass is 297 g/mol. The predicted octanol–water partition coefficient (Wildman–Crippen LogP) is 2.38. The third kappa shape index (κ3) is 3.99. The first-order valence-corrected chi connectivity index (χ1v) is 7.65. The summed E-state index contributed by atoms with van der Waals surface area (Å²) in [6.07, 6.45) is 2.39. The van der Waals surface area contributed by atoms with Gasteiger partial charge in [0.15, 0.2) is 0 Å². The molecule has 0 bridgehead atoms. The highest BCUT2D eigenvalue weighted by molar-refractivity contribution is 5.22. The van der Waals surface area contributed by atoms with Gasteiger partial charge in [0, 0.05) is 31.2 Å². The van der Waals surface area contributed by atoms with Crippen molar-refractivity contribution < 1.29 is 8.78 Å². The summed E-state index contributed by atoms with van der Waals surface area (Å²) in [5.74, 6) is -1.10. The maximum Gasteiger partial charge on any atom is 0.126 e. The Labute approximate surface area is 125 Å². The van der Waals surface area contributed by atoms with Crippen LogP contribution in [-0.2, 0) is 0 Å². The highest BCUT2D eigenvalue weighted by Gasteiger charge is 2.27. The van der Waals surface area contributed by atoms with Crippen LogP contribution in [-0.4, -0.2) is 49.1 Å². The van der Waals surface area contributed by atoms with Crippen molar-refractivity contribution in [2.45, 2.75) is 31.8 Å². The average molecular weight is 297 g/mol. The van der Waals surface area contributed by atoms with Crippen molar-refractivity contribution in [2.75, 3.05) is 33.2 Å². The molecule has 2 rings (SSSR count). The fraction of sp³-hybridized carbons (Fsp3) is 0.625. The number of nitrogens with zero attached hydrogens (tertiary/aromatic N) is 2. The van der Waals surface area contributed by atoms with E-state index >= 15 is 0 Å². The van der Waals surface area contributed by atoms with Gasteiger partial charge in [-0.15, -0.1) is 0 Å². The zero-order chi connectivity index (χ0) is 15.4. The molecule has 0 amide bonds. The molecule has 2 unspecified atom stereocenters. The molecular weight excluding hydrogens is 272 g/mol. The second-order valence-corrected chi connectivity index (χ2v) is 5.82. The molecule has 1 aliphatic heterocycles. The van der Waals surface area contributed by atoms with E-state index in [1.807, 2.05) is 7.05 Å². The summed E-state index contributed by atoms with van der Waals surface area (Å²) >= 11 is 0. The summed E-state index contributed by atoms with van der Waals surface area (Å²) in [6.45, 7) is 5.56. The standard InChI is InChI=1S/C16H25F2N3/c1-3-21-6-4-5-15(21)11-20(2)16(10-19)12-7-13(17)9-14(18)8-12/h7-9,15-16H,3-6,10-11,19H2,1-2H3. The van der Waals surface area contributed by atoms with Gasteiger partial charge in [-0.2, -0.15) is 0 Å². The van der Waals surface area contributed by atoms with E-state index in [1.54, 1.807) is 0 Å². The van der Waals surface area contributed by atoms with Gasteiger partial charge in [-0.1, -0.05) is 6.92 Å². The number of halogens is 2. The molecule has 2 N–H and O–H groups in total. The fourth-order valence-electron chi connectivity index (χ4n) is 3.32. The Kier molecular flexibility index (Phi) is 5.67. The first-order chi connectivity index (χ1) is 10.0. The van der Waals surface area contributed by atoms with E-state index in [4.69, 9.17) is 5.73 Å². The minimum absolute atomic E-state index is 0.158. The Balaban J connectivity index is 2.09. The van der Waals surface area contributed by atoms with Gasteiger partial charge in [0.25, 0.3) is 0 Å². The average Bonchev–Trinajstić information content (AvgIpc) is 2.85. The Morgan fingerprint density at radius 3 is 2.57 bits per heavy atom. The molecule has 1 heterocycles. The van der Waals surface area contributed by atoms with E-state index in [-0.39, 0.29) is 6.04 Å². The molecule has 118 valence electrons. The second-order valence-electron chi connectivity index (χ2n) is 5.82. The third-order valence-corrected chi connectivity index (χ3v) is 4.43. The number of hydrogen-bond donors (Lipinski definition) is 1. The van der Waals surface area contributed by atoms with Crippen LogP contribution < -0.4 is 5.73 Å². The van der Waals surface area contributed by atoms with Crippen LogP contribution in [0.5, 0.6) is 0 Å². The molecule has 0 radical (unpaired) electrons. The molecule has 1 fully saturated rings. The lowest BCUT2D eigenvalue weighted by Gasteiger charge is -2.33. The van der Waals surface area contributed by atoms with Gasteiger partial charge < -0.3 is 5.73 Å². The molecule has 21 heavy (non-hydrogen) atoms. The molecule has 2 atom stereocenters. The molecule has 1 saturated heterocycles. The van der Waals surface area contributed by atoms with Gasteiger partial charge in [0.2, 0.25) is 0 Å². The topological polar surface area (TPSA) is 32.5 Å². The number of benzene rings is 1. The van der Waals surface area contributed by atoms with E-state index in [0.29, 0.717) is 18.2 Å². The van der Waals surface area contributed by atoms with E-state index in [1.165, 1.54) is 25.0 Å². The van der Waals surface area contributed by atoms with Crippen LogP contribution in [0.15, 0.2) is 18.2 Å². The van der Waals surface area contributed by atoms with Crippen LogP contribution >= 0.6 is 0 Å². The molecule has 0 aliphatic carbocycles. The summed E-state index contributed by atoms with van der Waals surface area (Å²) < 4.78 is 26.8. The smallest absolute Gasteiger partial charge is 0.126 e. The van der Waals surface area contributed by atoms with Crippen LogP contribution in [0, 0.1) is 11.6 Å². The maximum atomic E-state index is 13.4. The molecule has 3 nitrogen and oxygen atoms in total. The minimum atomic E-state index is -0.548. The summed E-state index contributed by atoms with van der Waals surface area (Å²) in [5.41, 5.74) is 6.46. The Morgan fingerprint density at radius 1 is 1.33 bits per heavy atom. The quantitative estimate of drug-likeness (QED) is 0.875. The SMILES string of the molecule is CCN1CCCC1CN(C)C(CN)c1cc(F)cc(F)c1. The molecule has 1 aromatic carbocycles. The largest absolute Gasteiger partial charge is 0.329 e. The number of nitrogens with two attached hydrogens (primary N) is 1. The molecular formula is C16H25F2N3. The summed E-state index contributed by atoms with van der Waals surface area (Å²) in [7, 11) is 1.98. The molecule has 1 aromatic rings. The van der Waals surface area contributed by atoms with E-state index in [2.05, 4.69) is 16.7 Å². The van der Waals surface area contributed by atoms with Crippen LogP contribution in [0.1, 0.15) is 31.4 Å². The van der Waals surface area contributed by atoms with E-state index in [0.717, 1.165) is 25.7 Å². The first-order valence-electron chi connectivity index (χ1n) is 7.65. The van der Waals surface area contributed by atoms with Gasteiger partial charge in [0.1, 0.15) is 11.6 Å². The maximum absolute atomic E-state index is 13.4. The molecule has 5 heteroatoms. The number of rotatable bonds is 6. The van der Waals surface area contributed by atoms with Crippen molar-refractivity contribution in [3.05, 3.63) is 35.4 Å². The van der Waals surface area contributed by atoms with Gasteiger partial charge in [0.05, 0.1) is 0 Å². The van der Waals surface area contributed by atoms with Gasteiger partial charge in [-0.3, -0.25) is 9.80 Å². The fourth-order valence-corrected chi connectivity index (χ4v) is 3.32. The number of likely N-dealkylation sites (tertiary alicyclic amines) is 1. The van der Waals surface area contributed by atoms with Crippen molar-refractivity contribution in [1.29, 1.82) is 0 Å². The van der Waals surface area contributed by atoms with Crippen LogP contribution in [0.3, 0.4) is 0 Å². The predicted molar refractivity (Wildman–Crippen MR) is 81.1 cm³/mol. The summed E-state index contributed by atoms with van der Waals surface area (Å²) in [4.78, 5) is 4.57. The first kappa shape index (κ1) is 16.3. The molecule has 0 saturated carbocycles. The summed E-state index contributed by atoms with van der Waals surface area (Å²) in [6, 6.07) is 4.00. The van der Waals surface area contributed by atoms with Gasteiger partial charge in [-0.05, 0) is 50.7 Å². The molecule has 0 aromatic heterocycles. The normalized spacial score (nSPS) is 21.1. The zero-order valence-corrected chi connectivity index (χ0v) is 12.9. The lowest BCUT2D eigenvalue weighted by atomic mass is 10.0. The minimum Gasteiger partial charge on any atom is -0.329 e.